The number of ketones is 3. The van der Waals surface area contributed by atoms with Crippen molar-refractivity contribution in [1.82, 2.24) is 41.2 Å². The lowest BCUT2D eigenvalue weighted by Crippen LogP contribution is -2.47. The Balaban J connectivity index is 0.901. The van der Waals surface area contributed by atoms with Crippen molar-refractivity contribution >= 4 is 81.7 Å². The van der Waals surface area contributed by atoms with E-state index in [4.69, 9.17) is 19.9 Å². The number of aliphatic hydroxyl groups excluding tert-OH is 1. The van der Waals surface area contributed by atoms with Gasteiger partial charge in [0.25, 0.3) is 23.3 Å². The van der Waals surface area contributed by atoms with Crippen LogP contribution in [0.5, 0.6) is 17.2 Å². The van der Waals surface area contributed by atoms with E-state index >= 15 is 0 Å². The highest BCUT2D eigenvalue weighted by atomic mass is 16.7. The first kappa shape index (κ1) is 65.2. The lowest BCUT2D eigenvalue weighted by molar-refractivity contribution is -0.194. The van der Waals surface area contributed by atoms with Crippen molar-refractivity contribution in [2.45, 2.75) is 95.6 Å². The Kier molecular flexibility index (Phi) is 19.6. The van der Waals surface area contributed by atoms with Gasteiger partial charge in [-0.05, 0) is 69.7 Å². The number of amides is 4. The molecule has 0 saturated carbocycles. The molecule has 2 aliphatic carbocycles. The van der Waals surface area contributed by atoms with Gasteiger partial charge in [0.2, 0.25) is 17.6 Å². The standard InChI is InChI=1S/C59H60N10O21/c1-5-89-40(90-38-21-59(87,25(3)71)20-34-42(38)49(76)44-43(47(34)74)46(73)29-7-6-8-37(88-4)41(29)48(44)75)19-36(24(2)70)67-53(79)31-17-30(32(55(81)82)18-33(31)56(83)84)52(78)62-16-15-61-39(72)14-13-35(57(85)86)66-51(77)26-9-11-27(12-10-26)63-22-28-23-64-50-45(65-28)54(80)69-58(60)68-50/h6-12,17-18,23-24,35-36,38,40,63,70,74,76,87H,5,13-16,19-22H2,1-4H3,(H,61,72)(H,62,78)(H,66,77)(H,67,79)(H,81,82)(H,83,84)(H,85,86)(H3,60,64,68,69,80)/t24-,35-,36?,38-,40-,59-/m0/s1. The van der Waals surface area contributed by atoms with Gasteiger partial charge in [-0.1, -0.05) is 12.1 Å². The number of aliphatic hydroxyl groups is 2. The molecule has 0 bridgehead atoms. The number of aromatic carboxylic acids is 2. The number of fused-ring (bicyclic) bond motifs is 4. The van der Waals surface area contributed by atoms with Gasteiger partial charge >= 0.3 is 17.9 Å². The zero-order chi connectivity index (χ0) is 65.6. The Hall–Kier alpha value is -10.8. The summed E-state index contributed by atoms with van der Waals surface area (Å²) in [5, 5.41) is 89.3. The Morgan fingerprint density at radius 2 is 1.48 bits per heavy atom. The van der Waals surface area contributed by atoms with Crippen molar-refractivity contribution in [1.29, 1.82) is 0 Å². The van der Waals surface area contributed by atoms with E-state index in [0.717, 1.165) is 6.92 Å². The molecule has 6 aromatic rings. The number of phenolic OH excluding ortho intramolecular Hbond substituents is 2. The third-order valence-corrected chi connectivity index (χ3v) is 15.0. The number of carbonyl (C=O) groups excluding carboxylic acids is 7. The normalized spacial score (nSPS) is 16.2. The number of H-pyrrole nitrogens is 1. The highest BCUT2D eigenvalue weighted by Gasteiger charge is 2.49. The van der Waals surface area contributed by atoms with Crippen LogP contribution in [0.15, 0.2) is 65.6 Å². The van der Waals surface area contributed by atoms with Crippen LogP contribution in [0.2, 0.25) is 0 Å². The monoisotopic (exact) mass is 1240 g/mol. The molecule has 0 spiro atoms. The number of aromatic amines is 1. The number of carboxylic acids is 3. The number of nitrogens with zero attached hydrogens (tertiary/aromatic N) is 3. The number of hydrogen-bond acceptors (Lipinski definition) is 23. The van der Waals surface area contributed by atoms with Crippen LogP contribution in [0.1, 0.15) is 153 Å². The number of nitrogen functional groups attached to an aromatic ring is 1. The van der Waals surface area contributed by atoms with Gasteiger partial charge in [0.05, 0.1) is 82.7 Å². The molecule has 1 unspecified atom stereocenters. The van der Waals surface area contributed by atoms with E-state index in [1.165, 1.54) is 69.6 Å². The number of benzene rings is 4. The van der Waals surface area contributed by atoms with Crippen LogP contribution < -0.4 is 42.6 Å². The minimum absolute atomic E-state index is 0.0202. The fourth-order valence-electron chi connectivity index (χ4n) is 10.3. The lowest BCUT2D eigenvalue weighted by Gasteiger charge is -2.40. The highest BCUT2D eigenvalue weighted by molar-refractivity contribution is 6.31. The number of aromatic nitrogens is 4. The third kappa shape index (κ3) is 13.8. The molecule has 8 rings (SSSR count). The van der Waals surface area contributed by atoms with Crippen LogP contribution in [0.4, 0.5) is 11.6 Å². The number of aromatic hydroxyl groups is 2. The largest absolute Gasteiger partial charge is 0.507 e. The minimum Gasteiger partial charge on any atom is -0.507 e. The molecule has 15 N–H and O–H groups in total. The summed E-state index contributed by atoms with van der Waals surface area (Å²) in [4.78, 5) is 159. The molecule has 4 amide bonds. The number of hydrogen-bond donors (Lipinski definition) is 14. The van der Waals surface area contributed by atoms with E-state index < -0.39 is 178 Å². The van der Waals surface area contributed by atoms with Crippen molar-refractivity contribution in [2.24, 2.45) is 0 Å². The maximum Gasteiger partial charge on any atom is 0.336 e. The SMILES string of the molecule is CCO[C@H](CC(NC(=O)c1cc(C(=O)NCCNC(=O)CC[C@H](NC(=O)c2ccc(NCc3cnc4nc(N)[nH]c(=O)c4n3)cc2)C(=O)O)c(C(=O)O)cc1C(=O)O)[C@H](C)O)O[C@H]1C[C@](O)(C(C)=O)Cc2c(O)c3c(c(O)c21)C(=O)c1c(OC)cccc1C3=O. The number of ether oxygens (including phenoxy) is 3. The molecule has 6 atom stereocenters. The molecule has 472 valence electrons. The number of methoxy groups -OCH3 is 1. The summed E-state index contributed by atoms with van der Waals surface area (Å²) < 4.78 is 17.5. The second-order valence-electron chi connectivity index (χ2n) is 20.9. The number of anilines is 2. The van der Waals surface area contributed by atoms with Crippen molar-refractivity contribution in [3.05, 3.63) is 138 Å². The maximum absolute atomic E-state index is 14.2. The summed E-state index contributed by atoms with van der Waals surface area (Å²) in [6.07, 6.45) is -5.98. The van der Waals surface area contributed by atoms with Crippen LogP contribution in [0.25, 0.3) is 11.2 Å². The summed E-state index contributed by atoms with van der Waals surface area (Å²) in [5.74, 6) is -13.4. The molecular formula is C59H60N10O21. The molecular weight excluding hydrogens is 1180 g/mol. The van der Waals surface area contributed by atoms with Crippen LogP contribution in [0, 0.1) is 0 Å². The number of nitrogens with one attached hydrogen (secondary N) is 6. The maximum atomic E-state index is 14.2. The predicted octanol–water partition coefficient (Wildman–Crippen LogP) is 1.26. The lowest BCUT2D eigenvalue weighted by atomic mass is 9.72. The first-order valence-electron chi connectivity index (χ1n) is 27.6. The van der Waals surface area contributed by atoms with E-state index in [1.807, 2.05) is 0 Å². The van der Waals surface area contributed by atoms with Crippen LogP contribution >= 0.6 is 0 Å². The van der Waals surface area contributed by atoms with E-state index in [2.05, 4.69) is 46.5 Å². The summed E-state index contributed by atoms with van der Waals surface area (Å²) in [6, 6.07) is 8.26. The van der Waals surface area contributed by atoms with Crippen molar-refractivity contribution in [3.63, 3.8) is 0 Å². The van der Waals surface area contributed by atoms with Gasteiger partial charge in [-0.3, -0.25) is 43.3 Å². The van der Waals surface area contributed by atoms with Gasteiger partial charge in [-0.25, -0.2) is 24.4 Å². The number of carbonyl (C=O) groups is 10. The van der Waals surface area contributed by atoms with E-state index in [-0.39, 0.29) is 76.8 Å². The molecule has 31 heteroatoms. The molecule has 0 radical (unpaired) electrons. The fourth-order valence-corrected chi connectivity index (χ4v) is 10.3. The molecule has 31 nitrogen and oxygen atoms in total. The molecule has 2 heterocycles. The van der Waals surface area contributed by atoms with Gasteiger partial charge in [0.1, 0.15) is 28.9 Å². The highest BCUT2D eigenvalue weighted by Crippen LogP contribution is 2.52. The third-order valence-electron chi connectivity index (χ3n) is 15.0. The molecule has 0 fully saturated rings. The Bertz CT molecular complexity index is 4000. The first-order chi connectivity index (χ1) is 42.7. The van der Waals surface area contributed by atoms with Crippen LogP contribution in [0.3, 0.4) is 0 Å². The average Bonchev–Trinajstić information content (AvgIpc) is 0.724. The molecule has 0 aliphatic heterocycles. The van der Waals surface area contributed by atoms with Crippen LogP contribution in [-0.2, 0) is 36.8 Å². The van der Waals surface area contributed by atoms with Gasteiger partial charge in [0.15, 0.2) is 29.0 Å². The van der Waals surface area contributed by atoms with Gasteiger partial charge in [-0.2, -0.15) is 4.98 Å². The number of Topliss-reactive ketones (excluding diaryl/α,β-unsaturated/α-hetero) is 1. The number of carboxylic acid groups (broad SMARTS) is 3. The first-order valence-corrected chi connectivity index (χ1v) is 27.6. The topological polar surface area (TPSA) is 498 Å². The zero-order valence-electron chi connectivity index (χ0n) is 48.3. The van der Waals surface area contributed by atoms with E-state index in [0.29, 0.717) is 23.5 Å². The fraction of sp³-hybridized carbons (Fsp3) is 0.322. The van der Waals surface area contributed by atoms with Crippen molar-refractivity contribution in [3.8, 4) is 17.2 Å². The number of aliphatic carboxylic acids is 1. The van der Waals surface area contributed by atoms with Crippen molar-refractivity contribution in [2.75, 3.05) is 37.9 Å². The summed E-state index contributed by atoms with van der Waals surface area (Å²) in [7, 11) is 1.25. The molecule has 2 aromatic heterocycles. The Morgan fingerprint density at radius 1 is 0.822 bits per heavy atom. The minimum atomic E-state index is -2.31. The second kappa shape index (κ2) is 27.1. The molecule has 0 saturated heterocycles. The van der Waals surface area contributed by atoms with Gasteiger partial charge in [-0.15, -0.1) is 0 Å². The molecule has 2 aliphatic rings. The zero-order valence-corrected chi connectivity index (χ0v) is 48.3. The summed E-state index contributed by atoms with van der Waals surface area (Å²) in [5.41, 5.74) is -1.81. The van der Waals surface area contributed by atoms with Crippen LogP contribution in [-0.4, -0.2) is 171 Å². The smallest absolute Gasteiger partial charge is 0.336 e. The number of phenols is 2. The summed E-state index contributed by atoms with van der Waals surface area (Å²) >= 11 is 0. The summed E-state index contributed by atoms with van der Waals surface area (Å²) in [6.45, 7) is 3.04. The average molecular weight is 1250 g/mol. The molecule has 4 aromatic carbocycles. The molecule has 90 heavy (non-hydrogen) atoms. The Morgan fingerprint density at radius 3 is 2.11 bits per heavy atom. The number of rotatable bonds is 26. The number of nitrogens with two attached hydrogens (primary N) is 1. The predicted molar refractivity (Wildman–Crippen MR) is 310 cm³/mol. The van der Waals surface area contributed by atoms with Gasteiger partial charge < -0.3 is 82.3 Å². The second-order valence-corrected chi connectivity index (χ2v) is 20.9. The van der Waals surface area contributed by atoms with E-state index in [1.54, 1.807) is 0 Å². The van der Waals surface area contributed by atoms with Gasteiger partial charge in [0, 0.05) is 73.3 Å². The quantitative estimate of drug-likeness (QED) is 0.0206. The van der Waals surface area contributed by atoms with Crippen molar-refractivity contribution < 1.29 is 97.9 Å². The van der Waals surface area contributed by atoms with E-state index in [9.17, 15) is 88.5 Å². The Labute approximate surface area is 508 Å².